The molecule has 1 fully saturated rings. The molecule has 1 aliphatic rings. The Labute approximate surface area is 145 Å². The smallest absolute Gasteiger partial charge is 0.263 e. The fraction of sp³-hybridized carbons (Fsp3) is 0.647. The van der Waals surface area contributed by atoms with Crippen LogP contribution in [0.25, 0.3) is 0 Å². The van der Waals surface area contributed by atoms with Gasteiger partial charge in [-0.15, -0.1) is 0 Å². The number of benzene rings is 1. The molecule has 0 spiro atoms. The van der Waals surface area contributed by atoms with E-state index in [-0.39, 0.29) is 0 Å². The van der Waals surface area contributed by atoms with Crippen molar-refractivity contribution < 1.29 is 4.57 Å². The number of nitrogens with two attached hydrogens (primary N) is 1. The van der Waals surface area contributed by atoms with Gasteiger partial charge in [-0.05, 0) is 49.8 Å². The van der Waals surface area contributed by atoms with Gasteiger partial charge in [0.2, 0.25) is 0 Å². The Balaban J connectivity index is 2.22. The lowest BCUT2D eigenvalue weighted by Crippen LogP contribution is -2.34. The molecule has 1 aromatic rings. The number of anilines is 1. The molecule has 0 heterocycles. The third kappa shape index (κ3) is 5.53. The Morgan fingerprint density at radius 3 is 2.17 bits per heavy atom. The Morgan fingerprint density at radius 1 is 1.13 bits per heavy atom. The zero-order valence-electron chi connectivity index (χ0n) is 14.4. The first kappa shape index (κ1) is 18.9. The van der Waals surface area contributed by atoms with Gasteiger partial charge in [0.15, 0.2) is 0 Å². The third-order valence-corrected chi connectivity index (χ3v) is 8.08. The predicted molar refractivity (Wildman–Crippen MR) is 103 cm³/mol. The number of rotatable bonds is 11. The predicted octanol–water partition coefficient (Wildman–Crippen LogP) is 5.27. The normalized spacial score (nSPS) is 17.2. The number of unbranched alkanes of at least 4 members (excludes halogenated alkanes) is 2. The molecule has 23 heavy (non-hydrogen) atoms. The van der Waals surface area contributed by atoms with Gasteiger partial charge in [0.05, 0.1) is 5.69 Å². The van der Waals surface area contributed by atoms with E-state index in [4.69, 9.17) is 5.50 Å². The first-order chi connectivity index (χ1) is 11.1. The molecule has 6 heteroatoms. The standard InChI is InChI=1S/C17H30N3OPS/c1-3-5-14-19(15-6-4-2)22(18,21)20(23-17-12-13-17)16-10-8-7-9-11-16/h7-11,17H,3-6,12-15H2,1-2H3,(H2,18,21). The van der Waals surface area contributed by atoms with Crippen LogP contribution in [-0.4, -0.2) is 23.0 Å². The molecule has 1 aromatic carbocycles. The average molecular weight is 355 g/mol. The van der Waals surface area contributed by atoms with Crippen molar-refractivity contribution in [3.63, 3.8) is 0 Å². The van der Waals surface area contributed by atoms with Gasteiger partial charge in [-0.3, -0.25) is 10.1 Å². The highest BCUT2D eigenvalue weighted by Gasteiger charge is 2.38. The minimum Gasteiger partial charge on any atom is -0.263 e. The van der Waals surface area contributed by atoms with Crippen LogP contribution in [0.1, 0.15) is 52.4 Å². The van der Waals surface area contributed by atoms with E-state index in [1.54, 1.807) is 11.9 Å². The first-order valence-electron chi connectivity index (χ1n) is 8.76. The van der Waals surface area contributed by atoms with Crippen LogP contribution in [0.2, 0.25) is 0 Å². The van der Waals surface area contributed by atoms with E-state index in [9.17, 15) is 4.57 Å². The van der Waals surface area contributed by atoms with E-state index in [0.717, 1.165) is 44.5 Å². The van der Waals surface area contributed by atoms with E-state index in [2.05, 4.69) is 13.8 Å². The van der Waals surface area contributed by atoms with Crippen LogP contribution in [0.3, 0.4) is 0 Å². The Kier molecular flexibility index (Phi) is 7.48. The van der Waals surface area contributed by atoms with Crippen LogP contribution < -0.4 is 9.58 Å². The van der Waals surface area contributed by atoms with Crippen molar-refractivity contribution in [1.82, 2.24) is 4.67 Å². The monoisotopic (exact) mass is 355 g/mol. The SMILES string of the molecule is CCCCN(CCCC)P(N)(=O)N(SC1CC1)c1ccccc1. The fourth-order valence-electron chi connectivity index (χ4n) is 2.36. The Bertz CT molecular complexity index is 502. The largest absolute Gasteiger partial charge is 0.315 e. The minimum atomic E-state index is -3.08. The zero-order chi connectivity index (χ0) is 16.7. The third-order valence-electron chi connectivity index (χ3n) is 3.96. The van der Waals surface area contributed by atoms with Gasteiger partial charge in [-0.2, -0.15) is 0 Å². The summed E-state index contributed by atoms with van der Waals surface area (Å²) in [6.07, 6.45) is 6.62. The van der Waals surface area contributed by atoms with Crippen molar-refractivity contribution in [3.8, 4) is 0 Å². The van der Waals surface area contributed by atoms with Gasteiger partial charge in [0.25, 0.3) is 0 Å². The molecule has 0 bridgehead atoms. The molecule has 1 unspecified atom stereocenters. The van der Waals surface area contributed by atoms with Crippen LogP contribution in [0.5, 0.6) is 0 Å². The van der Waals surface area contributed by atoms with E-state index in [1.807, 2.05) is 39.1 Å². The zero-order valence-corrected chi connectivity index (χ0v) is 16.1. The maximum atomic E-state index is 13.6. The first-order valence-corrected chi connectivity index (χ1v) is 11.3. The summed E-state index contributed by atoms with van der Waals surface area (Å²) in [6.45, 7) is 5.93. The van der Waals surface area contributed by atoms with E-state index in [1.165, 1.54) is 12.8 Å². The van der Waals surface area contributed by atoms with Gasteiger partial charge < -0.3 is 0 Å². The molecule has 4 nitrogen and oxygen atoms in total. The summed E-state index contributed by atoms with van der Waals surface area (Å²) in [7, 11) is -3.08. The molecule has 0 saturated heterocycles. The molecule has 1 saturated carbocycles. The second-order valence-electron chi connectivity index (χ2n) is 6.16. The number of hydrogen-bond donors (Lipinski definition) is 1. The molecule has 0 aromatic heterocycles. The second kappa shape index (κ2) is 9.12. The van der Waals surface area contributed by atoms with Gasteiger partial charge in [-0.1, -0.05) is 44.9 Å². The lowest BCUT2D eigenvalue weighted by molar-refractivity contribution is 0.394. The topological polar surface area (TPSA) is 49.6 Å². The summed E-state index contributed by atoms with van der Waals surface area (Å²) in [5.41, 5.74) is 7.43. The molecular formula is C17H30N3OPS. The highest BCUT2D eigenvalue weighted by atomic mass is 32.2. The summed E-state index contributed by atoms with van der Waals surface area (Å²) >= 11 is 1.67. The molecule has 130 valence electrons. The molecule has 2 N–H and O–H groups in total. The number of para-hydroxylation sites is 1. The lowest BCUT2D eigenvalue weighted by Gasteiger charge is -2.37. The highest BCUT2D eigenvalue weighted by Crippen LogP contribution is 2.56. The van der Waals surface area contributed by atoms with Crippen molar-refractivity contribution in [1.29, 1.82) is 0 Å². The number of nitrogens with zero attached hydrogens (tertiary/aromatic N) is 2. The fourth-order valence-corrected chi connectivity index (χ4v) is 6.03. The maximum Gasteiger partial charge on any atom is 0.315 e. The van der Waals surface area contributed by atoms with E-state index < -0.39 is 7.59 Å². The minimum absolute atomic E-state index is 0.561. The molecule has 2 rings (SSSR count). The summed E-state index contributed by atoms with van der Waals surface area (Å²) in [5, 5.41) is 0.561. The molecule has 0 aliphatic heterocycles. The lowest BCUT2D eigenvalue weighted by atomic mass is 10.3. The summed E-state index contributed by atoms with van der Waals surface area (Å²) in [5.74, 6) is 0. The van der Waals surface area contributed by atoms with Gasteiger partial charge in [-0.25, -0.2) is 8.75 Å². The van der Waals surface area contributed by atoms with Gasteiger partial charge in [0, 0.05) is 18.3 Å². The van der Waals surface area contributed by atoms with Crippen LogP contribution in [0.4, 0.5) is 5.69 Å². The van der Waals surface area contributed by atoms with Crippen molar-refractivity contribution >= 4 is 25.2 Å². The van der Waals surface area contributed by atoms with E-state index >= 15 is 0 Å². The van der Waals surface area contributed by atoms with Crippen molar-refractivity contribution in [2.24, 2.45) is 5.50 Å². The Hall–Kier alpha value is -0.480. The summed E-state index contributed by atoms with van der Waals surface area (Å²) < 4.78 is 17.5. The van der Waals surface area contributed by atoms with Gasteiger partial charge in [0.1, 0.15) is 0 Å². The molecule has 0 radical (unpaired) electrons. The van der Waals surface area contributed by atoms with Crippen LogP contribution in [0, 0.1) is 0 Å². The molecule has 1 atom stereocenters. The van der Waals surface area contributed by atoms with Crippen molar-refractivity contribution in [3.05, 3.63) is 30.3 Å². The quantitative estimate of drug-likeness (QED) is 0.433. The highest BCUT2D eigenvalue weighted by molar-refractivity contribution is 8.07. The molecular weight excluding hydrogens is 325 g/mol. The van der Waals surface area contributed by atoms with Gasteiger partial charge >= 0.3 is 7.59 Å². The van der Waals surface area contributed by atoms with E-state index in [0.29, 0.717) is 5.25 Å². The maximum absolute atomic E-state index is 13.6. The summed E-state index contributed by atoms with van der Waals surface area (Å²) in [6, 6.07) is 9.96. The summed E-state index contributed by atoms with van der Waals surface area (Å²) in [4.78, 5) is 0. The Morgan fingerprint density at radius 2 is 1.70 bits per heavy atom. The van der Waals surface area contributed by atoms with Crippen molar-refractivity contribution in [2.75, 3.05) is 17.2 Å². The van der Waals surface area contributed by atoms with Crippen LogP contribution in [0.15, 0.2) is 30.3 Å². The van der Waals surface area contributed by atoms with Crippen LogP contribution >= 0.6 is 19.5 Å². The molecule has 1 aliphatic carbocycles. The number of hydrogen-bond acceptors (Lipinski definition) is 2. The second-order valence-corrected chi connectivity index (χ2v) is 9.82. The average Bonchev–Trinajstić information content (AvgIpc) is 3.37. The van der Waals surface area contributed by atoms with Crippen molar-refractivity contribution in [2.45, 2.75) is 57.6 Å². The van der Waals surface area contributed by atoms with Crippen LogP contribution in [-0.2, 0) is 4.57 Å². The molecule has 0 amide bonds.